The molecule has 0 saturated heterocycles. The number of hydrogen-bond acceptors (Lipinski definition) is 5. The fourth-order valence-electron chi connectivity index (χ4n) is 2.87. The SMILES string of the molecule is CN(Cc1ccccc1Br)C(=O)CSc1nnnn1C1CCCC1. The van der Waals surface area contributed by atoms with Crippen LogP contribution in [0.5, 0.6) is 0 Å². The maximum Gasteiger partial charge on any atom is 0.233 e. The molecule has 1 amide bonds. The molecule has 0 aliphatic heterocycles. The highest BCUT2D eigenvalue weighted by Gasteiger charge is 2.22. The lowest BCUT2D eigenvalue weighted by molar-refractivity contribution is -0.127. The van der Waals surface area contributed by atoms with Crippen molar-refractivity contribution in [3.05, 3.63) is 34.3 Å². The number of benzene rings is 1. The van der Waals surface area contributed by atoms with E-state index >= 15 is 0 Å². The van der Waals surface area contributed by atoms with Crippen molar-refractivity contribution in [2.45, 2.75) is 43.4 Å². The summed E-state index contributed by atoms with van der Waals surface area (Å²) in [5, 5.41) is 12.7. The molecule has 0 atom stereocenters. The predicted octanol–water partition coefficient (Wildman–Crippen LogP) is 3.30. The molecule has 1 saturated carbocycles. The van der Waals surface area contributed by atoms with Gasteiger partial charge in [0.1, 0.15) is 0 Å². The molecule has 8 heteroatoms. The summed E-state index contributed by atoms with van der Waals surface area (Å²) in [4.78, 5) is 14.1. The lowest BCUT2D eigenvalue weighted by Crippen LogP contribution is -2.28. The Hall–Kier alpha value is -1.41. The topological polar surface area (TPSA) is 63.9 Å². The predicted molar refractivity (Wildman–Crippen MR) is 96.7 cm³/mol. The molecular formula is C16H20BrN5OS. The third-order valence-electron chi connectivity index (χ3n) is 4.25. The second kappa shape index (κ2) is 8.11. The van der Waals surface area contributed by atoms with Gasteiger partial charge < -0.3 is 4.90 Å². The smallest absolute Gasteiger partial charge is 0.233 e. The zero-order valence-electron chi connectivity index (χ0n) is 13.6. The molecule has 1 heterocycles. The van der Waals surface area contributed by atoms with Crippen molar-refractivity contribution in [2.24, 2.45) is 0 Å². The molecule has 24 heavy (non-hydrogen) atoms. The van der Waals surface area contributed by atoms with Crippen molar-refractivity contribution < 1.29 is 4.79 Å². The Bertz CT molecular complexity index is 701. The Kier molecular flexibility index (Phi) is 5.89. The Morgan fingerprint density at radius 1 is 1.38 bits per heavy atom. The van der Waals surface area contributed by atoms with E-state index in [1.807, 2.05) is 36.0 Å². The van der Waals surface area contributed by atoms with E-state index in [-0.39, 0.29) is 5.91 Å². The van der Waals surface area contributed by atoms with Gasteiger partial charge >= 0.3 is 0 Å². The van der Waals surface area contributed by atoms with E-state index < -0.39 is 0 Å². The number of carbonyl (C=O) groups is 1. The van der Waals surface area contributed by atoms with Crippen LogP contribution in [0.15, 0.2) is 33.9 Å². The summed E-state index contributed by atoms with van der Waals surface area (Å²) in [5.41, 5.74) is 1.09. The van der Waals surface area contributed by atoms with Gasteiger partial charge in [-0.3, -0.25) is 4.79 Å². The van der Waals surface area contributed by atoms with Crippen LogP contribution in [0.2, 0.25) is 0 Å². The molecular weight excluding hydrogens is 390 g/mol. The van der Waals surface area contributed by atoms with Gasteiger partial charge in [0, 0.05) is 18.1 Å². The molecule has 1 aliphatic carbocycles. The second-order valence-corrected chi connectivity index (χ2v) is 7.77. The van der Waals surface area contributed by atoms with Gasteiger partial charge in [-0.15, -0.1) is 5.10 Å². The van der Waals surface area contributed by atoms with E-state index in [0.29, 0.717) is 18.3 Å². The molecule has 0 spiro atoms. The molecule has 1 aliphatic rings. The molecule has 0 bridgehead atoms. The summed E-state index contributed by atoms with van der Waals surface area (Å²) in [7, 11) is 1.82. The van der Waals surface area contributed by atoms with Crippen LogP contribution in [-0.4, -0.2) is 43.8 Å². The van der Waals surface area contributed by atoms with Crippen LogP contribution in [0.1, 0.15) is 37.3 Å². The van der Waals surface area contributed by atoms with Crippen LogP contribution >= 0.6 is 27.7 Å². The average Bonchev–Trinajstić information content (AvgIpc) is 3.25. The van der Waals surface area contributed by atoms with Gasteiger partial charge in [0.15, 0.2) is 0 Å². The quantitative estimate of drug-likeness (QED) is 0.684. The van der Waals surface area contributed by atoms with Crippen molar-refractivity contribution in [3.8, 4) is 0 Å². The van der Waals surface area contributed by atoms with E-state index in [1.54, 1.807) is 4.90 Å². The first kappa shape index (κ1) is 17.4. The molecule has 6 nitrogen and oxygen atoms in total. The minimum absolute atomic E-state index is 0.0664. The number of carbonyl (C=O) groups excluding carboxylic acids is 1. The standard InChI is InChI=1S/C16H20BrN5OS/c1-21(10-12-6-2-5-9-14(12)17)15(23)11-24-16-18-19-20-22(16)13-7-3-4-8-13/h2,5-6,9,13H,3-4,7-8,10-11H2,1H3. The Morgan fingerprint density at radius 3 is 2.88 bits per heavy atom. The zero-order valence-corrected chi connectivity index (χ0v) is 16.0. The Morgan fingerprint density at radius 2 is 2.12 bits per heavy atom. The van der Waals surface area contributed by atoms with Crippen molar-refractivity contribution in [1.29, 1.82) is 0 Å². The second-order valence-electron chi connectivity index (χ2n) is 5.97. The van der Waals surface area contributed by atoms with E-state index in [0.717, 1.165) is 28.0 Å². The highest BCUT2D eigenvalue weighted by atomic mass is 79.9. The minimum Gasteiger partial charge on any atom is -0.341 e. The summed E-state index contributed by atoms with van der Waals surface area (Å²) in [5.74, 6) is 0.408. The fraction of sp³-hybridized carbons (Fsp3) is 0.500. The van der Waals surface area contributed by atoms with E-state index in [1.165, 1.54) is 24.6 Å². The van der Waals surface area contributed by atoms with Crippen LogP contribution in [0.25, 0.3) is 0 Å². The lowest BCUT2D eigenvalue weighted by atomic mass is 10.2. The van der Waals surface area contributed by atoms with Gasteiger partial charge in [-0.05, 0) is 34.9 Å². The van der Waals surface area contributed by atoms with E-state index in [4.69, 9.17) is 0 Å². The van der Waals surface area contributed by atoms with Gasteiger partial charge in [0.25, 0.3) is 0 Å². The molecule has 128 valence electrons. The molecule has 3 rings (SSSR count). The molecule has 0 N–H and O–H groups in total. The Labute approximate surface area is 154 Å². The summed E-state index contributed by atoms with van der Waals surface area (Å²) >= 11 is 4.93. The molecule has 0 unspecified atom stereocenters. The number of rotatable bonds is 6. The van der Waals surface area contributed by atoms with Gasteiger partial charge in [-0.25, -0.2) is 4.68 Å². The summed E-state index contributed by atoms with van der Waals surface area (Å²) in [6.07, 6.45) is 4.69. The highest BCUT2D eigenvalue weighted by molar-refractivity contribution is 9.10. The fourth-order valence-corrected chi connectivity index (χ4v) is 4.16. The van der Waals surface area contributed by atoms with Crippen LogP contribution in [0, 0.1) is 0 Å². The van der Waals surface area contributed by atoms with Crippen molar-refractivity contribution in [3.63, 3.8) is 0 Å². The third-order valence-corrected chi connectivity index (χ3v) is 5.94. The first-order valence-electron chi connectivity index (χ1n) is 8.03. The van der Waals surface area contributed by atoms with Crippen molar-refractivity contribution in [1.82, 2.24) is 25.1 Å². The number of hydrogen-bond donors (Lipinski definition) is 0. The van der Waals surface area contributed by atoms with Crippen molar-refractivity contribution in [2.75, 3.05) is 12.8 Å². The molecule has 0 radical (unpaired) electrons. The third kappa shape index (κ3) is 4.16. The maximum absolute atomic E-state index is 12.4. The number of amides is 1. The zero-order chi connectivity index (χ0) is 16.9. The number of thioether (sulfide) groups is 1. The summed E-state index contributed by atoms with van der Waals surface area (Å²) < 4.78 is 2.90. The van der Waals surface area contributed by atoms with Gasteiger partial charge in [0.2, 0.25) is 11.1 Å². The largest absolute Gasteiger partial charge is 0.341 e. The normalized spacial score (nSPS) is 14.9. The van der Waals surface area contributed by atoms with Gasteiger partial charge in [-0.2, -0.15) is 0 Å². The monoisotopic (exact) mass is 409 g/mol. The van der Waals surface area contributed by atoms with E-state index in [2.05, 4.69) is 31.5 Å². The molecule has 1 aromatic heterocycles. The van der Waals surface area contributed by atoms with Crippen LogP contribution in [0.3, 0.4) is 0 Å². The van der Waals surface area contributed by atoms with Crippen molar-refractivity contribution >= 4 is 33.6 Å². The average molecular weight is 410 g/mol. The summed E-state index contributed by atoms with van der Waals surface area (Å²) in [6.45, 7) is 0.578. The maximum atomic E-state index is 12.4. The molecule has 1 fully saturated rings. The van der Waals surface area contributed by atoms with Gasteiger partial charge in [0.05, 0.1) is 11.8 Å². The molecule has 1 aromatic carbocycles. The Balaban J connectivity index is 1.56. The van der Waals surface area contributed by atoms with Crippen LogP contribution in [0.4, 0.5) is 0 Å². The minimum atomic E-state index is 0.0664. The number of aromatic nitrogens is 4. The number of nitrogens with zero attached hydrogens (tertiary/aromatic N) is 5. The molecule has 2 aromatic rings. The number of halogens is 1. The van der Waals surface area contributed by atoms with E-state index in [9.17, 15) is 4.79 Å². The number of tetrazole rings is 1. The first-order valence-corrected chi connectivity index (χ1v) is 9.81. The van der Waals surface area contributed by atoms with Crippen LogP contribution < -0.4 is 0 Å². The lowest BCUT2D eigenvalue weighted by Gasteiger charge is -2.18. The highest BCUT2D eigenvalue weighted by Crippen LogP contribution is 2.31. The van der Waals surface area contributed by atoms with Gasteiger partial charge in [-0.1, -0.05) is 58.7 Å². The summed E-state index contributed by atoms with van der Waals surface area (Å²) in [6, 6.07) is 8.33. The van der Waals surface area contributed by atoms with Crippen LogP contribution in [-0.2, 0) is 11.3 Å². The first-order chi connectivity index (χ1) is 11.6.